The molecule has 0 bridgehead atoms. The van der Waals surface area contributed by atoms with Crippen LogP contribution in [-0.4, -0.2) is 23.8 Å². The number of carbonyl (C=O) groups is 2. The topological polar surface area (TPSA) is 86.5 Å². The lowest BCUT2D eigenvalue weighted by Crippen LogP contribution is -2.10. The highest BCUT2D eigenvalue weighted by Crippen LogP contribution is 2.24. The summed E-state index contributed by atoms with van der Waals surface area (Å²) < 4.78 is 4.83. The Kier molecular flexibility index (Phi) is 4.98. The van der Waals surface area contributed by atoms with Crippen LogP contribution in [0.1, 0.15) is 29.3 Å². The van der Waals surface area contributed by atoms with Crippen LogP contribution in [0, 0.1) is 10.1 Å². The molecule has 0 aliphatic rings. The Labute approximate surface area is 104 Å². The Hall–Kier alpha value is -2.24. The van der Waals surface area contributed by atoms with Crippen molar-refractivity contribution in [1.82, 2.24) is 0 Å². The smallest absolute Gasteiger partial charge is 0.338 e. The van der Waals surface area contributed by atoms with Crippen molar-refractivity contribution in [2.75, 3.05) is 6.61 Å². The predicted octanol–water partition coefficient (Wildman–Crippen LogP) is 1.90. The first-order chi connectivity index (χ1) is 8.61. The van der Waals surface area contributed by atoms with Gasteiger partial charge in [0.25, 0.3) is 5.69 Å². The molecule has 0 atom stereocenters. The molecule has 18 heavy (non-hydrogen) atoms. The van der Waals surface area contributed by atoms with E-state index in [1.165, 1.54) is 18.2 Å². The zero-order valence-corrected chi connectivity index (χ0v) is 9.92. The molecule has 0 aliphatic carbocycles. The summed E-state index contributed by atoms with van der Waals surface area (Å²) in [6, 6.07) is 4.20. The molecule has 96 valence electrons. The van der Waals surface area contributed by atoms with Crippen LogP contribution in [-0.2, 0) is 16.0 Å². The predicted molar refractivity (Wildman–Crippen MR) is 63.4 cm³/mol. The number of rotatable bonds is 6. The Morgan fingerprint density at radius 2 is 2.22 bits per heavy atom. The molecule has 0 unspecified atom stereocenters. The highest BCUT2D eigenvalue weighted by molar-refractivity contribution is 5.92. The minimum Gasteiger partial charge on any atom is -0.462 e. The van der Waals surface area contributed by atoms with Gasteiger partial charge >= 0.3 is 5.97 Å². The minimum atomic E-state index is -0.609. The van der Waals surface area contributed by atoms with Crippen molar-refractivity contribution in [1.29, 1.82) is 0 Å². The van der Waals surface area contributed by atoms with E-state index in [4.69, 9.17) is 4.74 Å². The van der Waals surface area contributed by atoms with Crippen molar-refractivity contribution < 1.29 is 19.2 Å². The third-order valence-electron chi connectivity index (χ3n) is 2.36. The molecular formula is C12H13NO5. The summed E-state index contributed by atoms with van der Waals surface area (Å²) in [5.74, 6) is -0.609. The average Bonchev–Trinajstić information content (AvgIpc) is 2.36. The Morgan fingerprint density at radius 3 is 2.78 bits per heavy atom. The maximum atomic E-state index is 11.7. The Morgan fingerprint density at radius 1 is 1.50 bits per heavy atom. The van der Waals surface area contributed by atoms with Crippen molar-refractivity contribution in [2.24, 2.45) is 0 Å². The first-order valence-corrected chi connectivity index (χ1v) is 5.48. The van der Waals surface area contributed by atoms with E-state index in [0.717, 1.165) is 0 Å². The summed E-state index contributed by atoms with van der Waals surface area (Å²) >= 11 is 0. The molecule has 0 aromatic heterocycles. The number of hydrogen-bond acceptors (Lipinski definition) is 5. The van der Waals surface area contributed by atoms with E-state index >= 15 is 0 Å². The van der Waals surface area contributed by atoms with Gasteiger partial charge in [0, 0.05) is 18.1 Å². The normalized spacial score (nSPS) is 9.83. The second-order valence-corrected chi connectivity index (χ2v) is 3.49. The van der Waals surface area contributed by atoms with Crippen molar-refractivity contribution in [3.05, 3.63) is 39.4 Å². The quantitative estimate of drug-likeness (QED) is 0.333. The van der Waals surface area contributed by atoms with Crippen LogP contribution in [0.3, 0.4) is 0 Å². The average molecular weight is 251 g/mol. The molecule has 0 aliphatic heterocycles. The third kappa shape index (κ3) is 3.13. The molecule has 1 aromatic rings. The van der Waals surface area contributed by atoms with Gasteiger partial charge in [-0.2, -0.15) is 0 Å². The van der Waals surface area contributed by atoms with E-state index in [0.29, 0.717) is 6.29 Å². The van der Waals surface area contributed by atoms with E-state index < -0.39 is 10.9 Å². The van der Waals surface area contributed by atoms with Gasteiger partial charge in [0.1, 0.15) is 6.29 Å². The summed E-state index contributed by atoms with van der Waals surface area (Å²) in [5.41, 5.74) is 0.225. The Bertz CT molecular complexity index is 470. The molecule has 0 N–H and O–H groups in total. The van der Waals surface area contributed by atoms with Crippen molar-refractivity contribution in [2.45, 2.75) is 19.8 Å². The molecule has 0 radical (unpaired) electrons. The van der Waals surface area contributed by atoms with Gasteiger partial charge in [-0.15, -0.1) is 0 Å². The van der Waals surface area contributed by atoms with Crippen LogP contribution in [0.2, 0.25) is 0 Å². The molecule has 0 saturated carbocycles. The van der Waals surface area contributed by atoms with Crippen LogP contribution in [0.4, 0.5) is 5.69 Å². The molecule has 0 spiro atoms. The number of esters is 1. The zero-order valence-electron chi connectivity index (χ0n) is 9.92. The van der Waals surface area contributed by atoms with Gasteiger partial charge in [-0.25, -0.2) is 4.79 Å². The Balaban J connectivity index is 3.22. The van der Waals surface area contributed by atoms with Gasteiger partial charge in [-0.05, 0) is 19.4 Å². The molecule has 0 fully saturated rings. The van der Waals surface area contributed by atoms with Crippen molar-refractivity contribution >= 4 is 17.9 Å². The number of nitrogens with zero attached hydrogens (tertiary/aromatic N) is 1. The van der Waals surface area contributed by atoms with E-state index in [2.05, 4.69) is 0 Å². The molecule has 1 rings (SSSR count). The first kappa shape index (κ1) is 13.8. The van der Waals surface area contributed by atoms with Crippen LogP contribution < -0.4 is 0 Å². The van der Waals surface area contributed by atoms with Crippen LogP contribution in [0.25, 0.3) is 0 Å². The van der Waals surface area contributed by atoms with Crippen molar-refractivity contribution in [3.8, 4) is 0 Å². The summed E-state index contributed by atoms with van der Waals surface area (Å²) in [7, 11) is 0. The molecule has 6 nitrogen and oxygen atoms in total. The number of nitro groups is 1. The lowest BCUT2D eigenvalue weighted by Gasteiger charge is -2.08. The molecule has 0 amide bonds. The summed E-state index contributed by atoms with van der Waals surface area (Å²) in [4.78, 5) is 32.4. The van der Waals surface area contributed by atoms with E-state index in [9.17, 15) is 19.7 Å². The SMILES string of the molecule is CCOC(=O)c1cccc([N+](=O)[O-])c1CCC=O. The number of benzene rings is 1. The van der Waals surface area contributed by atoms with E-state index in [-0.39, 0.29) is 36.3 Å². The van der Waals surface area contributed by atoms with Crippen LogP contribution in [0.5, 0.6) is 0 Å². The lowest BCUT2D eigenvalue weighted by atomic mass is 10.0. The van der Waals surface area contributed by atoms with Gasteiger partial charge in [-0.1, -0.05) is 6.07 Å². The molecular weight excluding hydrogens is 238 g/mol. The summed E-state index contributed by atoms with van der Waals surface area (Å²) in [6.45, 7) is 1.84. The van der Waals surface area contributed by atoms with Gasteiger partial charge in [0.15, 0.2) is 0 Å². The first-order valence-electron chi connectivity index (χ1n) is 5.48. The summed E-state index contributed by atoms with van der Waals surface area (Å²) in [5, 5.41) is 10.9. The maximum Gasteiger partial charge on any atom is 0.338 e. The molecule has 0 saturated heterocycles. The highest BCUT2D eigenvalue weighted by atomic mass is 16.6. The fourth-order valence-corrected chi connectivity index (χ4v) is 1.61. The van der Waals surface area contributed by atoms with Gasteiger partial charge < -0.3 is 9.53 Å². The van der Waals surface area contributed by atoms with E-state index in [1.807, 2.05) is 0 Å². The standard InChI is InChI=1S/C12H13NO5/c1-2-18-12(15)10-5-3-7-11(13(16)17)9(10)6-4-8-14/h3,5,7-8H,2,4,6H2,1H3. The van der Waals surface area contributed by atoms with Crippen LogP contribution in [0.15, 0.2) is 18.2 Å². The number of hydrogen-bond donors (Lipinski definition) is 0. The maximum absolute atomic E-state index is 11.7. The second-order valence-electron chi connectivity index (χ2n) is 3.49. The number of aldehydes is 1. The second kappa shape index (κ2) is 6.48. The largest absolute Gasteiger partial charge is 0.462 e. The minimum absolute atomic E-state index is 0.122. The molecule has 0 heterocycles. The fraction of sp³-hybridized carbons (Fsp3) is 0.333. The summed E-state index contributed by atoms with van der Waals surface area (Å²) in [6.07, 6.45) is 0.928. The van der Waals surface area contributed by atoms with E-state index in [1.54, 1.807) is 6.92 Å². The highest BCUT2D eigenvalue weighted by Gasteiger charge is 2.21. The van der Waals surface area contributed by atoms with Gasteiger partial charge in [-0.3, -0.25) is 10.1 Å². The van der Waals surface area contributed by atoms with Crippen LogP contribution >= 0.6 is 0 Å². The number of ether oxygens (including phenoxy) is 1. The van der Waals surface area contributed by atoms with Gasteiger partial charge in [0.2, 0.25) is 0 Å². The lowest BCUT2D eigenvalue weighted by molar-refractivity contribution is -0.385. The zero-order chi connectivity index (χ0) is 13.5. The van der Waals surface area contributed by atoms with Crippen molar-refractivity contribution in [3.63, 3.8) is 0 Å². The fourth-order valence-electron chi connectivity index (χ4n) is 1.61. The molecule has 1 aromatic carbocycles. The third-order valence-corrected chi connectivity index (χ3v) is 2.36. The number of nitro benzene ring substituents is 1. The number of carbonyl (C=O) groups excluding carboxylic acids is 2. The van der Waals surface area contributed by atoms with Gasteiger partial charge in [0.05, 0.1) is 17.1 Å². The molecule has 6 heteroatoms. The monoisotopic (exact) mass is 251 g/mol.